The van der Waals surface area contributed by atoms with Crippen molar-refractivity contribution in [2.24, 2.45) is 0 Å². The molecule has 0 unspecified atom stereocenters. The van der Waals surface area contributed by atoms with Crippen molar-refractivity contribution in [1.29, 1.82) is 0 Å². The van der Waals surface area contributed by atoms with Gasteiger partial charge in [0, 0.05) is 5.57 Å². The molecule has 0 radical (unpaired) electrons. The summed E-state index contributed by atoms with van der Waals surface area (Å²) >= 11 is 0. The van der Waals surface area contributed by atoms with Gasteiger partial charge in [-0.2, -0.15) is 0 Å². The summed E-state index contributed by atoms with van der Waals surface area (Å²) in [6.07, 6.45) is 3.37. The van der Waals surface area contributed by atoms with Crippen molar-refractivity contribution >= 4 is 23.6 Å². The van der Waals surface area contributed by atoms with Gasteiger partial charge in [0.1, 0.15) is 0 Å². The molecule has 1 amide bonds. The molecule has 1 aliphatic carbocycles. The molecule has 2 aromatic carbocycles. The van der Waals surface area contributed by atoms with Crippen LogP contribution in [0.5, 0.6) is 0 Å². The predicted octanol–water partition coefficient (Wildman–Crippen LogP) is 3.97. The Kier molecular flexibility index (Phi) is 4.21. The SMILES string of the molecule is Cc1cc2c(cc1C)CCC(C(=O)Nc1ccccc1C(=O)O)=C2. The molecular weight excluding hydrogens is 302 g/mol. The van der Waals surface area contributed by atoms with Gasteiger partial charge in [-0.25, -0.2) is 4.79 Å². The number of aromatic carboxylic acids is 1. The minimum Gasteiger partial charge on any atom is -0.478 e. The van der Waals surface area contributed by atoms with Crippen molar-refractivity contribution in [2.45, 2.75) is 26.7 Å². The fourth-order valence-electron chi connectivity index (χ4n) is 2.94. The van der Waals surface area contributed by atoms with Gasteiger partial charge < -0.3 is 10.4 Å². The molecule has 0 aliphatic heterocycles. The lowest BCUT2D eigenvalue weighted by Crippen LogP contribution is -2.18. The van der Waals surface area contributed by atoms with Gasteiger partial charge in [-0.1, -0.05) is 24.3 Å². The van der Waals surface area contributed by atoms with Crippen molar-refractivity contribution in [3.63, 3.8) is 0 Å². The first-order chi connectivity index (χ1) is 11.5. The van der Waals surface area contributed by atoms with Gasteiger partial charge in [0.25, 0.3) is 5.91 Å². The van der Waals surface area contributed by atoms with Gasteiger partial charge >= 0.3 is 5.97 Å². The number of hydrogen-bond acceptors (Lipinski definition) is 2. The maximum Gasteiger partial charge on any atom is 0.337 e. The maximum absolute atomic E-state index is 12.5. The number of carbonyl (C=O) groups excluding carboxylic acids is 1. The van der Waals surface area contributed by atoms with Crippen LogP contribution in [0.3, 0.4) is 0 Å². The lowest BCUT2D eigenvalue weighted by atomic mass is 9.89. The number of para-hydroxylation sites is 1. The second-order valence-electron chi connectivity index (χ2n) is 6.11. The van der Waals surface area contributed by atoms with Crippen LogP contribution in [0.15, 0.2) is 42.0 Å². The second-order valence-corrected chi connectivity index (χ2v) is 6.11. The summed E-state index contributed by atoms with van der Waals surface area (Å²) < 4.78 is 0. The van der Waals surface area contributed by atoms with Gasteiger partial charge in [0.15, 0.2) is 0 Å². The topological polar surface area (TPSA) is 66.4 Å². The Morgan fingerprint density at radius 2 is 1.75 bits per heavy atom. The van der Waals surface area contributed by atoms with Crippen LogP contribution in [0, 0.1) is 13.8 Å². The van der Waals surface area contributed by atoms with E-state index >= 15 is 0 Å². The van der Waals surface area contributed by atoms with Crippen molar-refractivity contribution in [1.82, 2.24) is 0 Å². The van der Waals surface area contributed by atoms with E-state index in [4.69, 9.17) is 0 Å². The molecule has 3 rings (SSSR count). The Hall–Kier alpha value is -2.88. The summed E-state index contributed by atoms with van der Waals surface area (Å²) in [6.45, 7) is 4.14. The highest BCUT2D eigenvalue weighted by Gasteiger charge is 2.19. The Labute approximate surface area is 140 Å². The number of hydrogen-bond donors (Lipinski definition) is 2. The van der Waals surface area contributed by atoms with E-state index < -0.39 is 5.97 Å². The van der Waals surface area contributed by atoms with E-state index in [1.807, 2.05) is 6.08 Å². The average molecular weight is 321 g/mol. The Balaban J connectivity index is 1.87. The van der Waals surface area contributed by atoms with Gasteiger partial charge in [0.2, 0.25) is 0 Å². The van der Waals surface area contributed by atoms with E-state index in [9.17, 15) is 14.7 Å². The Morgan fingerprint density at radius 3 is 2.50 bits per heavy atom. The van der Waals surface area contributed by atoms with Crippen LogP contribution >= 0.6 is 0 Å². The van der Waals surface area contributed by atoms with Crippen molar-refractivity contribution in [3.8, 4) is 0 Å². The average Bonchev–Trinajstić information content (AvgIpc) is 2.55. The lowest BCUT2D eigenvalue weighted by molar-refractivity contribution is -0.112. The summed E-state index contributed by atoms with van der Waals surface area (Å²) in [5.41, 5.74) is 5.86. The third-order valence-electron chi connectivity index (χ3n) is 4.45. The fourth-order valence-corrected chi connectivity index (χ4v) is 2.94. The Bertz CT molecular complexity index is 865. The van der Waals surface area contributed by atoms with Crippen LogP contribution < -0.4 is 5.32 Å². The van der Waals surface area contributed by atoms with Crippen LogP contribution in [0.2, 0.25) is 0 Å². The molecule has 24 heavy (non-hydrogen) atoms. The van der Waals surface area contributed by atoms with Crippen molar-refractivity contribution in [3.05, 3.63) is 69.8 Å². The number of benzene rings is 2. The number of aryl methyl sites for hydroxylation is 3. The van der Waals surface area contributed by atoms with E-state index in [1.54, 1.807) is 18.2 Å². The molecule has 4 heteroatoms. The summed E-state index contributed by atoms with van der Waals surface area (Å²) in [6, 6.07) is 10.7. The first kappa shape index (κ1) is 16.0. The molecule has 0 fully saturated rings. The number of fused-ring (bicyclic) bond motifs is 1. The molecule has 0 saturated heterocycles. The highest BCUT2D eigenvalue weighted by Crippen LogP contribution is 2.27. The molecule has 1 aliphatic rings. The quantitative estimate of drug-likeness (QED) is 0.899. The molecule has 2 aromatic rings. The minimum atomic E-state index is -1.06. The second kappa shape index (κ2) is 6.32. The van der Waals surface area contributed by atoms with Crippen LogP contribution in [-0.4, -0.2) is 17.0 Å². The zero-order valence-electron chi connectivity index (χ0n) is 13.7. The molecular formula is C20H19NO3. The summed E-state index contributed by atoms with van der Waals surface area (Å²) in [5.74, 6) is -1.30. The molecule has 122 valence electrons. The first-order valence-electron chi connectivity index (χ1n) is 7.90. The van der Waals surface area contributed by atoms with Gasteiger partial charge in [-0.3, -0.25) is 4.79 Å². The first-order valence-corrected chi connectivity index (χ1v) is 7.90. The third-order valence-corrected chi connectivity index (χ3v) is 4.45. The number of carboxylic acids is 1. The normalized spacial score (nSPS) is 13.0. The van der Waals surface area contributed by atoms with Gasteiger partial charge in [0.05, 0.1) is 11.3 Å². The molecule has 2 N–H and O–H groups in total. The molecule has 0 heterocycles. The van der Waals surface area contributed by atoms with Crippen molar-refractivity contribution in [2.75, 3.05) is 5.32 Å². The van der Waals surface area contributed by atoms with Crippen molar-refractivity contribution < 1.29 is 14.7 Å². The number of nitrogens with one attached hydrogen (secondary N) is 1. The maximum atomic E-state index is 12.5. The van der Waals surface area contributed by atoms with Crippen LogP contribution in [-0.2, 0) is 11.2 Å². The zero-order chi connectivity index (χ0) is 17.3. The minimum absolute atomic E-state index is 0.0918. The highest BCUT2D eigenvalue weighted by molar-refractivity contribution is 6.09. The van der Waals surface area contributed by atoms with Crippen LogP contribution in [0.4, 0.5) is 5.69 Å². The molecule has 0 bridgehead atoms. The zero-order valence-corrected chi connectivity index (χ0v) is 13.7. The standard InChI is InChI=1S/C20H19NO3/c1-12-9-14-7-8-15(11-16(14)10-13(12)2)19(22)21-18-6-4-3-5-17(18)20(23)24/h3-6,9-11H,7-8H2,1-2H3,(H,21,22)(H,23,24). The van der Waals surface area contributed by atoms with E-state index in [1.165, 1.54) is 22.8 Å². The van der Waals surface area contributed by atoms with E-state index in [0.717, 1.165) is 12.0 Å². The number of carboxylic acid groups (broad SMARTS) is 1. The van der Waals surface area contributed by atoms with Gasteiger partial charge in [-0.15, -0.1) is 0 Å². The number of carbonyl (C=O) groups is 2. The molecule has 0 aromatic heterocycles. The highest BCUT2D eigenvalue weighted by atomic mass is 16.4. The number of rotatable bonds is 3. The largest absolute Gasteiger partial charge is 0.478 e. The van der Waals surface area contributed by atoms with Gasteiger partial charge in [-0.05, 0) is 67.2 Å². The fraction of sp³-hybridized carbons (Fsp3) is 0.200. The number of anilines is 1. The molecule has 4 nitrogen and oxygen atoms in total. The Morgan fingerprint density at radius 1 is 1.04 bits per heavy atom. The molecule has 0 spiro atoms. The summed E-state index contributed by atoms with van der Waals surface area (Å²) in [7, 11) is 0. The lowest BCUT2D eigenvalue weighted by Gasteiger charge is -2.18. The van der Waals surface area contributed by atoms with E-state index in [2.05, 4.69) is 31.3 Å². The van der Waals surface area contributed by atoms with Crippen LogP contribution in [0.25, 0.3) is 6.08 Å². The predicted molar refractivity (Wildman–Crippen MR) is 94.2 cm³/mol. The number of amides is 1. The molecule has 0 saturated carbocycles. The smallest absolute Gasteiger partial charge is 0.337 e. The third kappa shape index (κ3) is 3.08. The van der Waals surface area contributed by atoms with Crippen LogP contribution in [0.1, 0.15) is 39.0 Å². The summed E-state index contributed by atoms with van der Waals surface area (Å²) in [5, 5.41) is 11.9. The van der Waals surface area contributed by atoms with E-state index in [0.29, 0.717) is 17.7 Å². The summed E-state index contributed by atoms with van der Waals surface area (Å²) in [4.78, 5) is 23.8. The monoisotopic (exact) mass is 321 g/mol. The van der Waals surface area contributed by atoms with E-state index in [-0.39, 0.29) is 11.5 Å². The molecule has 0 atom stereocenters.